The summed E-state index contributed by atoms with van der Waals surface area (Å²) in [5.41, 5.74) is 1.26. The summed E-state index contributed by atoms with van der Waals surface area (Å²) >= 11 is 0. The first kappa shape index (κ1) is 23.3. The second-order valence-corrected chi connectivity index (χ2v) is 9.68. The largest absolute Gasteiger partial charge is 0.471 e. The zero-order chi connectivity index (χ0) is 20.6. The van der Waals surface area contributed by atoms with E-state index in [2.05, 4.69) is 51.4 Å². The van der Waals surface area contributed by atoms with Gasteiger partial charge in [0.2, 0.25) is 5.90 Å². The van der Waals surface area contributed by atoms with Crippen LogP contribution in [0.15, 0.2) is 17.3 Å². The Morgan fingerprint density at radius 1 is 1.29 bits per heavy atom. The fraction of sp³-hybridized carbons (Fsp3) is 0.875. The lowest BCUT2D eigenvalue weighted by Crippen LogP contribution is -2.42. The van der Waals surface area contributed by atoms with Crippen LogP contribution in [0, 0.1) is 17.3 Å². The third-order valence-corrected chi connectivity index (χ3v) is 6.80. The van der Waals surface area contributed by atoms with Crippen LogP contribution in [0.3, 0.4) is 0 Å². The van der Waals surface area contributed by atoms with Crippen LogP contribution in [-0.2, 0) is 9.57 Å². The Bertz CT molecular complexity index is 519. The quantitative estimate of drug-likeness (QED) is 0.300. The van der Waals surface area contributed by atoms with E-state index in [1.54, 1.807) is 0 Å². The highest BCUT2D eigenvalue weighted by molar-refractivity contribution is 5.83. The van der Waals surface area contributed by atoms with Crippen LogP contribution < -0.4 is 0 Å². The van der Waals surface area contributed by atoms with Crippen LogP contribution in [0.5, 0.6) is 0 Å². The average Bonchev–Trinajstić information content (AvgIpc) is 3.05. The van der Waals surface area contributed by atoms with E-state index in [4.69, 9.17) is 9.57 Å². The van der Waals surface area contributed by atoms with Crippen molar-refractivity contribution in [2.24, 2.45) is 22.4 Å². The zero-order valence-corrected chi connectivity index (χ0v) is 19.1. The molecule has 0 aromatic carbocycles. The van der Waals surface area contributed by atoms with Crippen LogP contribution >= 0.6 is 0 Å². The number of allylic oxidation sites excluding steroid dienone is 1. The summed E-state index contributed by atoms with van der Waals surface area (Å²) in [5, 5.41) is 4.43. The van der Waals surface area contributed by atoms with Gasteiger partial charge in [-0.2, -0.15) is 0 Å². The molecule has 2 aliphatic heterocycles. The molecule has 162 valence electrons. The predicted molar refractivity (Wildman–Crippen MR) is 119 cm³/mol. The molecule has 2 aliphatic rings. The van der Waals surface area contributed by atoms with Crippen molar-refractivity contribution in [3.63, 3.8) is 0 Å². The van der Waals surface area contributed by atoms with Crippen LogP contribution in [0.1, 0.15) is 85.5 Å². The molecule has 4 unspecified atom stereocenters. The second-order valence-electron chi connectivity index (χ2n) is 9.68. The normalized spacial score (nSPS) is 27.6. The van der Waals surface area contributed by atoms with Gasteiger partial charge in [0.1, 0.15) is 6.10 Å². The Morgan fingerprint density at radius 2 is 2.07 bits per heavy atom. The SMILES string of the molecule is C=C(C)C(C)CCC1(C2=NOCC(CC(C)CCCCCC)O2)CCN(C)C1. The fourth-order valence-electron chi connectivity index (χ4n) is 4.52. The van der Waals surface area contributed by atoms with E-state index in [9.17, 15) is 0 Å². The van der Waals surface area contributed by atoms with Crippen molar-refractivity contribution in [1.82, 2.24) is 4.90 Å². The minimum atomic E-state index is 0.00148. The third-order valence-electron chi connectivity index (χ3n) is 6.80. The maximum absolute atomic E-state index is 6.49. The van der Waals surface area contributed by atoms with E-state index < -0.39 is 0 Å². The topological polar surface area (TPSA) is 34.1 Å². The molecule has 4 atom stereocenters. The van der Waals surface area contributed by atoms with Gasteiger partial charge in [-0.15, -0.1) is 0 Å². The van der Waals surface area contributed by atoms with E-state index in [-0.39, 0.29) is 11.5 Å². The molecule has 2 rings (SSSR count). The van der Waals surface area contributed by atoms with Gasteiger partial charge in [-0.25, -0.2) is 0 Å². The maximum Gasteiger partial charge on any atom is 0.233 e. The Hall–Kier alpha value is -1.03. The molecule has 0 saturated carbocycles. The summed E-state index contributed by atoms with van der Waals surface area (Å²) in [5.74, 6) is 2.07. The smallest absolute Gasteiger partial charge is 0.233 e. The molecule has 4 nitrogen and oxygen atoms in total. The van der Waals surface area contributed by atoms with Gasteiger partial charge in [-0.1, -0.05) is 70.2 Å². The second kappa shape index (κ2) is 11.2. The number of unbranched alkanes of at least 4 members (excludes halogenated alkanes) is 3. The first-order valence-electron chi connectivity index (χ1n) is 11.6. The lowest BCUT2D eigenvalue weighted by molar-refractivity contribution is -0.0150. The zero-order valence-electron chi connectivity index (χ0n) is 19.1. The highest BCUT2D eigenvalue weighted by Crippen LogP contribution is 2.40. The van der Waals surface area contributed by atoms with E-state index in [1.807, 2.05) is 0 Å². The van der Waals surface area contributed by atoms with Crippen LogP contribution in [0.2, 0.25) is 0 Å². The van der Waals surface area contributed by atoms with Crippen molar-refractivity contribution in [1.29, 1.82) is 0 Å². The van der Waals surface area contributed by atoms with Gasteiger partial charge in [-0.05, 0) is 58.0 Å². The van der Waals surface area contributed by atoms with Crippen molar-refractivity contribution in [3.05, 3.63) is 12.2 Å². The summed E-state index contributed by atoms with van der Waals surface area (Å²) in [4.78, 5) is 8.09. The van der Waals surface area contributed by atoms with Gasteiger partial charge < -0.3 is 14.5 Å². The van der Waals surface area contributed by atoms with Crippen LogP contribution in [0.4, 0.5) is 0 Å². The molecule has 1 saturated heterocycles. The fourth-order valence-corrected chi connectivity index (χ4v) is 4.52. The predicted octanol–water partition coefficient (Wildman–Crippen LogP) is 6.03. The number of hydrogen-bond donors (Lipinski definition) is 0. The van der Waals surface area contributed by atoms with Crippen molar-refractivity contribution < 1.29 is 9.57 Å². The highest BCUT2D eigenvalue weighted by atomic mass is 16.7. The van der Waals surface area contributed by atoms with Crippen molar-refractivity contribution in [2.75, 3.05) is 26.7 Å². The van der Waals surface area contributed by atoms with Gasteiger partial charge in [-0.3, -0.25) is 0 Å². The molecular formula is C24H44N2O2. The average molecular weight is 393 g/mol. The lowest BCUT2D eigenvalue weighted by Gasteiger charge is -2.35. The summed E-state index contributed by atoms with van der Waals surface area (Å²) in [6.45, 7) is 15.9. The van der Waals surface area contributed by atoms with Gasteiger partial charge in [0.15, 0.2) is 6.61 Å². The lowest BCUT2D eigenvalue weighted by atomic mass is 9.79. The highest BCUT2D eigenvalue weighted by Gasteiger charge is 2.45. The monoisotopic (exact) mass is 392 g/mol. The van der Waals surface area contributed by atoms with E-state index in [0.29, 0.717) is 18.4 Å². The molecule has 0 bridgehead atoms. The number of nitrogens with zero attached hydrogens (tertiary/aromatic N) is 2. The molecule has 4 heteroatoms. The van der Waals surface area contributed by atoms with Crippen LogP contribution in [0.25, 0.3) is 0 Å². The van der Waals surface area contributed by atoms with Crippen molar-refractivity contribution >= 4 is 5.90 Å². The molecule has 0 aliphatic carbocycles. The molecule has 0 spiro atoms. The van der Waals surface area contributed by atoms with E-state index in [1.165, 1.54) is 37.7 Å². The molecule has 0 amide bonds. The minimum Gasteiger partial charge on any atom is -0.471 e. The van der Waals surface area contributed by atoms with E-state index in [0.717, 1.165) is 44.7 Å². The molecule has 2 heterocycles. The Morgan fingerprint density at radius 3 is 2.71 bits per heavy atom. The molecule has 1 fully saturated rings. The van der Waals surface area contributed by atoms with E-state index >= 15 is 0 Å². The van der Waals surface area contributed by atoms with Crippen molar-refractivity contribution in [2.45, 2.75) is 91.6 Å². The van der Waals surface area contributed by atoms with Crippen molar-refractivity contribution in [3.8, 4) is 0 Å². The van der Waals surface area contributed by atoms with Gasteiger partial charge in [0, 0.05) is 6.54 Å². The first-order valence-corrected chi connectivity index (χ1v) is 11.6. The Labute approximate surface area is 173 Å². The number of rotatable bonds is 12. The van der Waals surface area contributed by atoms with Crippen LogP contribution in [-0.4, -0.2) is 43.6 Å². The standard InChI is InChI=1S/C24H44N2O2/c1-7-8-9-10-11-20(4)16-22-17-27-25-23(28-22)24(14-15-26(6)18-24)13-12-21(5)19(2)3/h20-22H,2,7-18H2,1,3-6H3. The number of oxime groups is 1. The molecular weight excluding hydrogens is 348 g/mol. The Balaban J connectivity index is 1.93. The number of hydrogen-bond acceptors (Lipinski definition) is 4. The molecule has 0 N–H and O–H groups in total. The Kier molecular flexibility index (Phi) is 9.33. The summed E-state index contributed by atoms with van der Waals surface area (Å²) in [6.07, 6.45) is 11.2. The molecule has 0 aromatic heterocycles. The summed E-state index contributed by atoms with van der Waals surface area (Å²) in [6, 6.07) is 0. The number of ether oxygens (including phenoxy) is 1. The minimum absolute atomic E-state index is 0.00148. The van der Waals surface area contributed by atoms with Gasteiger partial charge in [0.05, 0.1) is 5.41 Å². The summed E-state index contributed by atoms with van der Waals surface area (Å²) < 4.78 is 6.49. The van der Waals surface area contributed by atoms with Gasteiger partial charge in [0.25, 0.3) is 0 Å². The molecule has 28 heavy (non-hydrogen) atoms. The third kappa shape index (κ3) is 6.79. The maximum atomic E-state index is 6.49. The summed E-state index contributed by atoms with van der Waals surface area (Å²) in [7, 11) is 2.20. The van der Waals surface area contributed by atoms with Gasteiger partial charge >= 0.3 is 0 Å². The number of likely N-dealkylation sites (tertiary alicyclic amines) is 1. The molecule has 0 aromatic rings. The first-order chi connectivity index (χ1) is 13.4. The molecule has 0 radical (unpaired) electrons.